The quantitative estimate of drug-likeness (QED) is 0.605. The average molecular weight is 228 g/mol. The second-order valence-electron chi connectivity index (χ2n) is 3.05. The largest absolute Gasteiger partial charge is 0.125 e. The van der Waals surface area contributed by atoms with E-state index in [1.54, 1.807) is 11.8 Å². The van der Waals surface area contributed by atoms with Crippen LogP contribution < -0.4 is 0 Å². The van der Waals surface area contributed by atoms with Crippen LogP contribution in [-0.2, 0) is 5.75 Å². The lowest BCUT2D eigenvalue weighted by molar-refractivity contribution is 1.30. The highest BCUT2D eigenvalue weighted by Gasteiger charge is 1.97. The van der Waals surface area contributed by atoms with Crippen molar-refractivity contribution in [3.8, 4) is 0 Å². The number of hydrogen-bond acceptors (Lipinski definition) is 2. The van der Waals surface area contributed by atoms with E-state index >= 15 is 0 Å². The minimum atomic E-state index is 0.708. The number of benzene rings is 1. The maximum atomic E-state index is 4.89. The molecule has 0 N–H and O–H groups in total. The van der Waals surface area contributed by atoms with Crippen LogP contribution in [0.2, 0.25) is 0 Å². The summed E-state index contributed by atoms with van der Waals surface area (Å²) in [5.41, 5.74) is 3.93. The molecule has 0 amide bonds. The standard InChI is InChI=1S/C10H12S3/c1-7-3-8(2)5-9(4-7)6-13-10(11)12/h3-5H,6H2,1-2H3,(H,11,12). The zero-order chi connectivity index (χ0) is 9.84. The van der Waals surface area contributed by atoms with Crippen LogP contribution in [0.25, 0.3) is 0 Å². The van der Waals surface area contributed by atoms with E-state index < -0.39 is 0 Å². The Morgan fingerprint density at radius 2 is 1.85 bits per heavy atom. The zero-order valence-corrected chi connectivity index (χ0v) is 10.2. The van der Waals surface area contributed by atoms with Gasteiger partial charge in [-0.1, -0.05) is 41.5 Å². The summed E-state index contributed by atoms with van der Waals surface area (Å²) in [6.45, 7) is 4.22. The number of hydrogen-bond donors (Lipinski definition) is 1. The highest BCUT2D eigenvalue weighted by atomic mass is 32.2. The van der Waals surface area contributed by atoms with Crippen LogP contribution in [0.3, 0.4) is 0 Å². The Morgan fingerprint density at radius 1 is 1.31 bits per heavy atom. The first kappa shape index (κ1) is 11.1. The zero-order valence-electron chi connectivity index (χ0n) is 7.70. The van der Waals surface area contributed by atoms with Crippen molar-refractivity contribution in [2.75, 3.05) is 0 Å². The van der Waals surface area contributed by atoms with Crippen molar-refractivity contribution in [3.63, 3.8) is 0 Å². The van der Waals surface area contributed by atoms with Gasteiger partial charge in [0, 0.05) is 5.75 Å². The molecule has 0 unspecified atom stereocenters. The van der Waals surface area contributed by atoms with Gasteiger partial charge in [0.25, 0.3) is 0 Å². The summed E-state index contributed by atoms with van der Waals surface area (Å²) in [6.07, 6.45) is 0. The fourth-order valence-corrected chi connectivity index (χ4v) is 2.12. The van der Waals surface area contributed by atoms with E-state index in [4.69, 9.17) is 12.2 Å². The molecule has 0 radical (unpaired) electrons. The van der Waals surface area contributed by atoms with Gasteiger partial charge >= 0.3 is 0 Å². The van der Waals surface area contributed by atoms with Gasteiger partial charge in [0.1, 0.15) is 3.53 Å². The van der Waals surface area contributed by atoms with Crippen LogP contribution >= 0.6 is 36.6 Å². The Balaban J connectivity index is 2.71. The molecule has 0 nitrogen and oxygen atoms in total. The minimum Gasteiger partial charge on any atom is -0.125 e. The van der Waals surface area contributed by atoms with Gasteiger partial charge in [0.05, 0.1) is 0 Å². The summed E-state index contributed by atoms with van der Waals surface area (Å²) < 4.78 is 0.708. The Bertz CT molecular complexity index is 298. The summed E-state index contributed by atoms with van der Waals surface area (Å²) in [7, 11) is 0. The molecule has 3 heteroatoms. The molecule has 70 valence electrons. The first-order valence-electron chi connectivity index (χ1n) is 4.01. The van der Waals surface area contributed by atoms with Crippen molar-refractivity contribution < 1.29 is 0 Å². The van der Waals surface area contributed by atoms with Gasteiger partial charge in [0.2, 0.25) is 0 Å². The Kier molecular flexibility index (Phi) is 4.29. The predicted molar refractivity (Wildman–Crippen MR) is 68.8 cm³/mol. The molecule has 0 heterocycles. The first-order valence-corrected chi connectivity index (χ1v) is 5.85. The third-order valence-electron chi connectivity index (χ3n) is 1.64. The highest BCUT2D eigenvalue weighted by Crippen LogP contribution is 2.18. The van der Waals surface area contributed by atoms with E-state index in [-0.39, 0.29) is 0 Å². The van der Waals surface area contributed by atoms with E-state index in [2.05, 4.69) is 44.7 Å². The summed E-state index contributed by atoms with van der Waals surface area (Å²) in [4.78, 5) is 0. The van der Waals surface area contributed by atoms with Gasteiger partial charge in [-0.25, -0.2) is 0 Å². The molecule has 0 aliphatic rings. The number of aryl methyl sites for hydroxylation is 2. The van der Waals surface area contributed by atoms with E-state index in [0.717, 1.165) is 5.75 Å². The second-order valence-corrected chi connectivity index (χ2v) is 5.76. The molecule has 0 bridgehead atoms. The van der Waals surface area contributed by atoms with Crippen LogP contribution in [0.1, 0.15) is 16.7 Å². The van der Waals surface area contributed by atoms with Crippen molar-refractivity contribution >= 4 is 40.1 Å². The molecular weight excluding hydrogens is 216 g/mol. The van der Waals surface area contributed by atoms with E-state index in [1.807, 2.05) is 0 Å². The lowest BCUT2D eigenvalue weighted by Crippen LogP contribution is -1.86. The molecule has 0 fully saturated rings. The molecule has 1 rings (SSSR count). The van der Waals surface area contributed by atoms with Gasteiger partial charge in [0.15, 0.2) is 0 Å². The Morgan fingerprint density at radius 3 is 2.31 bits per heavy atom. The van der Waals surface area contributed by atoms with Crippen molar-refractivity contribution in [1.82, 2.24) is 0 Å². The first-order chi connectivity index (χ1) is 6.08. The third kappa shape index (κ3) is 4.16. The van der Waals surface area contributed by atoms with Crippen LogP contribution in [-0.4, -0.2) is 3.53 Å². The molecule has 1 aromatic carbocycles. The summed E-state index contributed by atoms with van der Waals surface area (Å²) >= 11 is 10.6. The summed E-state index contributed by atoms with van der Waals surface area (Å²) in [5, 5.41) is 0. The van der Waals surface area contributed by atoms with Crippen molar-refractivity contribution in [2.24, 2.45) is 0 Å². The molecule has 0 spiro atoms. The molecule has 0 atom stereocenters. The topological polar surface area (TPSA) is 0 Å². The van der Waals surface area contributed by atoms with Gasteiger partial charge < -0.3 is 0 Å². The summed E-state index contributed by atoms with van der Waals surface area (Å²) in [5.74, 6) is 0.921. The SMILES string of the molecule is Cc1cc(C)cc(CSC(=S)S)c1. The third-order valence-corrected chi connectivity index (χ3v) is 3.11. The van der Waals surface area contributed by atoms with Gasteiger partial charge in [-0.3, -0.25) is 0 Å². The van der Waals surface area contributed by atoms with Gasteiger partial charge in [-0.15, -0.1) is 24.4 Å². The average Bonchev–Trinajstić information content (AvgIpc) is 1.99. The highest BCUT2D eigenvalue weighted by molar-refractivity contribution is 8.41. The van der Waals surface area contributed by atoms with Gasteiger partial charge in [-0.2, -0.15) is 0 Å². The molecule has 13 heavy (non-hydrogen) atoms. The second kappa shape index (κ2) is 5.03. The van der Waals surface area contributed by atoms with Crippen LogP contribution in [0.5, 0.6) is 0 Å². The van der Waals surface area contributed by atoms with Gasteiger partial charge in [-0.05, 0) is 19.4 Å². The number of thiocarbonyl (C=S) groups is 1. The molecule has 0 aliphatic heterocycles. The normalized spacial score (nSPS) is 10.1. The van der Waals surface area contributed by atoms with Crippen molar-refractivity contribution in [3.05, 3.63) is 34.9 Å². The molecule has 0 saturated heterocycles. The molecule has 0 aromatic heterocycles. The van der Waals surface area contributed by atoms with Crippen LogP contribution in [0.15, 0.2) is 18.2 Å². The fraction of sp³-hybridized carbons (Fsp3) is 0.300. The number of rotatable bonds is 2. The number of thiol groups is 1. The van der Waals surface area contributed by atoms with Crippen molar-refractivity contribution in [1.29, 1.82) is 0 Å². The summed E-state index contributed by atoms with van der Waals surface area (Å²) in [6, 6.07) is 6.55. The molecule has 0 aliphatic carbocycles. The maximum absolute atomic E-state index is 4.89. The Hall–Kier alpha value is 0.01000. The van der Waals surface area contributed by atoms with E-state index in [0.29, 0.717) is 3.53 Å². The Labute approximate surface area is 94.5 Å². The van der Waals surface area contributed by atoms with Crippen LogP contribution in [0.4, 0.5) is 0 Å². The molecule has 0 saturated carbocycles. The monoisotopic (exact) mass is 228 g/mol. The smallest absolute Gasteiger partial charge is 0.101 e. The lowest BCUT2D eigenvalue weighted by atomic mass is 10.1. The minimum absolute atomic E-state index is 0.708. The maximum Gasteiger partial charge on any atom is 0.101 e. The van der Waals surface area contributed by atoms with Crippen molar-refractivity contribution in [2.45, 2.75) is 19.6 Å². The fourth-order valence-electron chi connectivity index (χ4n) is 1.30. The van der Waals surface area contributed by atoms with E-state index in [9.17, 15) is 0 Å². The lowest BCUT2D eigenvalue weighted by Gasteiger charge is -2.03. The van der Waals surface area contributed by atoms with E-state index in [1.165, 1.54) is 16.7 Å². The number of thioether (sulfide) groups is 1. The molecular formula is C10H12S3. The predicted octanol–water partition coefficient (Wildman–Crippen LogP) is 3.75. The molecule has 1 aromatic rings. The van der Waals surface area contributed by atoms with Crippen LogP contribution in [0, 0.1) is 13.8 Å².